The molecule has 1 aromatic heterocycles. The van der Waals surface area contributed by atoms with E-state index in [2.05, 4.69) is 17.1 Å². The molecule has 0 unspecified atom stereocenters. The standard InChI is InChI=1S/C24H24FN3O3/c25-18-6-7-21-17(13-18)14-22(26-21)23(29)27-10-8-19(9-11-27)28-20(15-31-24(28)30)12-16-4-2-1-3-5-16/h1-7,13-14,19-20,26H,8-12,15H2/t20-/m1/s1. The number of fused-ring (bicyclic) bond motifs is 1. The molecule has 2 aliphatic heterocycles. The van der Waals surface area contributed by atoms with Crippen molar-refractivity contribution < 1.29 is 18.7 Å². The molecule has 0 aliphatic carbocycles. The van der Waals surface area contributed by atoms with Gasteiger partial charge in [0.2, 0.25) is 0 Å². The van der Waals surface area contributed by atoms with Crippen molar-refractivity contribution in [1.82, 2.24) is 14.8 Å². The lowest BCUT2D eigenvalue weighted by atomic mass is 9.99. The average Bonchev–Trinajstić information content (AvgIpc) is 3.37. The van der Waals surface area contributed by atoms with Crippen molar-refractivity contribution in [3.8, 4) is 0 Å². The van der Waals surface area contributed by atoms with Crippen molar-refractivity contribution in [2.24, 2.45) is 0 Å². The summed E-state index contributed by atoms with van der Waals surface area (Å²) in [6.45, 7) is 1.53. The molecule has 6 nitrogen and oxygen atoms in total. The van der Waals surface area contributed by atoms with Gasteiger partial charge in [0.25, 0.3) is 5.91 Å². The first kappa shape index (κ1) is 19.6. The van der Waals surface area contributed by atoms with Crippen LogP contribution in [0.5, 0.6) is 0 Å². The van der Waals surface area contributed by atoms with Gasteiger partial charge in [-0.05, 0) is 49.1 Å². The molecule has 3 aromatic rings. The number of rotatable bonds is 4. The summed E-state index contributed by atoms with van der Waals surface area (Å²) in [4.78, 5) is 32.1. The van der Waals surface area contributed by atoms with Gasteiger partial charge in [0, 0.05) is 30.0 Å². The third-order valence-corrected chi connectivity index (χ3v) is 6.28. The number of hydrogen-bond donors (Lipinski definition) is 1. The third-order valence-electron chi connectivity index (χ3n) is 6.28. The summed E-state index contributed by atoms with van der Waals surface area (Å²) in [7, 11) is 0. The van der Waals surface area contributed by atoms with Gasteiger partial charge < -0.3 is 14.6 Å². The summed E-state index contributed by atoms with van der Waals surface area (Å²) in [6.07, 6.45) is 1.92. The Morgan fingerprint density at radius 3 is 2.65 bits per heavy atom. The lowest BCUT2D eigenvalue weighted by Crippen LogP contribution is -2.50. The number of benzene rings is 2. The van der Waals surface area contributed by atoms with Gasteiger partial charge in [0.05, 0.1) is 6.04 Å². The second-order valence-electron chi connectivity index (χ2n) is 8.27. The lowest BCUT2D eigenvalue weighted by molar-refractivity contribution is 0.0632. The zero-order valence-corrected chi connectivity index (χ0v) is 17.1. The van der Waals surface area contributed by atoms with Gasteiger partial charge in [-0.2, -0.15) is 0 Å². The molecule has 1 atom stereocenters. The highest BCUT2D eigenvalue weighted by molar-refractivity contribution is 5.98. The van der Waals surface area contributed by atoms with Gasteiger partial charge in [-0.3, -0.25) is 9.69 Å². The van der Waals surface area contributed by atoms with E-state index in [-0.39, 0.29) is 29.9 Å². The molecule has 2 amide bonds. The van der Waals surface area contributed by atoms with Crippen LogP contribution in [0.1, 0.15) is 28.9 Å². The molecule has 0 spiro atoms. The minimum Gasteiger partial charge on any atom is -0.447 e. The van der Waals surface area contributed by atoms with Crippen LogP contribution in [0.2, 0.25) is 0 Å². The van der Waals surface area contributed by atoms with Crippen LogP contribution in [-0.2, 0) is 11.2 Å². The molecule has 0 saturated carbocycles. The number of carbonyl (C=O) groups excluding carboxylic acids is 2. The van der Waals surface area contributed by atoms with Crippen LogP contribution >= 0.6 is 0 Å². The number of H-pyrrole nitrogens is 1. The van der Waals surface area contributed by atoms with Crippen LogP contribution in [0.15, 0.2) is 54.6 Å². The van der Waals surface area contributed by atoms with Gasteiger partial charge in [-0.15, -0.1) is 0 Å². The van der Waals surface area contributed by atoms with E-state index in [0.29, 0.717) is 43.6 Å². The number of ether oxygens (including phenoxy) is 1. The van der Waals surface area contributed by atoms with E-state index in [0.717, 1.165) is 11.9 Å². The first-order chi connectivity index (χ1) is 15.1. The Hall–Kier alpha value is -3.35. The topological polar surface area (TPSA) is 65.6 Å². The quantitative estimate of drug-likeness (QED) is 0.693. The number of piperidine rings is 1. The zero-order chi connectivity index (χ0) is 21.4. The molecular formula is C24H24FN3O3. The molecule has 5 rings (SSSR count). The van der Waals surface area contributed by atoms with Crippen molar-refractivity contribution >= 4 is 22.9 Å². The van der Waals surface area contributed by atoms with Crippen LogP contribution in [0, 0.1) is 5.82 Å². The lowest BCUT2D eigenvalue weighted by Gasteiger charge is -2.37. The largest absolute Gasteiger partial charge is 0.447 e. The van der Waals surface area contributed by atoms with E-state index in [4.69, 9.17) is 4.74 Å². The van der Waals surface area contributed by atoms with Crippen LogP contribution in [-0.4, -0.2) is 58.6 Å². The van der Waals surface area contributed by atoms with Gasteiger partial charge in [0.15, 0.2) is 0 Å². The number of amides is 2. The Morgan fingerprint density at radius 2 is 1.87 bits per heavy atom. The fourth-order valence-electron chi connectivity index (χ4n) is 4.70. The highest BCUT2D eigenvalue weighted by Gasteiger charge is 2.40. The van der Waals surface area contributed by atoms with E-state index < -0.39 is 0 Å². The number of carbonyl (C=O) groups is 2. The minimum absolute atomic E-state index is 0.0192. The molecule has 0 radical (unpaired) electrons. The van der Waals surface area contributed by atoms with Crippen LogP contribution in [0.3, 0.4) is 0 Å². The minimum atomic E-state index is -0.325. The predicted octanol–water partition coefficient (Wildman–Crippen LogP) is 3.98. The SMILES string of the molecule is O=C(c1cc2cc(F)ccc2[nH]1)N1CCC(N2C(=O)OC[C@H]2Cc2ccccc2)CC1. The molecular weight excluding hydrogens is 397 g/mol. The summed E-state index contributed by atoms with van der Waals surface area (Å²) in [5.74, 6) is -0.422. The number of aromatic amines is 1. The molecule has 7 heteroatoms. The summed E-state index contributed by atoms with van der Waals surface area (Å²) >= 11 is 0. The maximum Gasteiger partial charge on any atom is 0.410 e. The summed E-state index contributed by atoms with van der Waals surface area (Å²) in [5, 5.41) is 0.682. The van der Waals surface area contributed by atoms with Gasteiger partial charge in [-0.1, -0.05) is 30.3 Å². The predicted molar refractivity (Wildman–Crippen MR) is 114 cm³/mol. The number of aromatic nitrogens is 1. The normalized spacial score (nSPS) is 19.8. The van der Waals surface area contributed by atoms with E-state index in [1.54, 1.807) is 17.0 Å². The number of cyclic esters (lactones) is 1. The third kappa shape index (κ3) is 3.87. The molecule has 2 aromatic carbocycles. The van der Waals surface area contributed by atoms with E-state index in [1.807, 2.05) is 23.1 Å². The molecule has 3 heterocycles. The van der Waals surface area contributed by atoms with E-state index >= 15 is 0 Å². The average molecular weight is 421 g/mol. The molecule has 2 fully saturated rings. The van der Waals surface area contributed by atoms with Crippen LogP contribution in [0.4, 0.5) is 9.18 Å². The molecule has 1 N–H and O–H groups in total. The van der Waals surface area contributed by atoms with Crippen molar-refractivity contribution in [2.45, 2.75) is 31.3 Å². The number of nitrogens with zero attached hydrogens (tertiary/aromatic N) is 2. The summed E-state index contributed by atoms with van der Waals surface area (Å²) in [6, 6.07) is 16.3. The fraction of sp³-hybridized carbons (Fsp3) is 0.333. The first-order valence-electron chi connectivity index (χ1n) is 10.6. The summed E-state index contributed by atoms with van der Waals surface area (Å²) < 4.78 is 18.8. The van der Waals surface area contributed by atoms with E-state index in [9.17, 15) is 14.0 Å². The highest BCUT2D eigenvalue weighted by atomic mass is 19.1. The van der Waals surface area contributed by atoms with Crippen molar-refractivity contribution in [2.75, 3.05) is 19.7 Å². The van der Waals surface area contributed by atoms with Gasteiger partial charge in [0.1, 0.15) is 18.1 Å². The maximum absolute atomic E-state index is 13.4. The van der Waals surface area contributed by atoms with Crippen molar-refractivity contribution in [3.63, 3.8) is 0 Å². The first-order valence-corrected chi connectivity index (χ1v) is 10.6. The Morgan fingerprint density at radius 1 is 1.10 bits per heavy atom. The second-order valence-corrected chi connectivity index (χ2v) is 8.27. The molecule has 0 bridgehead atoms. The molecule has 2 saturated heterocycles. The van der Waals surface area contributed by atoms with Crippen LogP contribution in [0.25, 0.3) is 10.9 Å². The Kier molecular flexibility index (Phi) is 5.10. The number of halogens is 1. The molecule has 31 heavy (non-hydrogen) atoms. The van der Waals surface area contributed by atoms with E-state index in [1.165, 1.54) is 17.7 Å². The summed E-state index contributed by atoms with van der Waals surface area (Å²) in [5.41, 5.74) is 2.38. The second kappa shape index (κ2) is 8.06. The Bertz CT molecular complexity index is 1110. The molecule has 2 aliphatic rings. The number of likely N-dealkylation sites (tertiary alicyclic amines) is 1. The monoisotopic (exact) mass is 421 g/mol. The highest BCUT2D eigenvalue weighted by Crippen LogP contribution is 2.27. The molecule has 160 valence electrons. The number of hydrogen-bond acceptors (Lipinski definition) is 3. The Balaban J connectivity index is 1.24. The zero-order valence-electron chi connectivity index (χ0n) is 17.1. The van der Waals surface area contributed by atoms with Crippen molar-refractivity contribution in [1.29, 1.82) is 0 Å². The number of nitrogens with one attached hydrogen (secondary N) is 1. The van der Waals surface area contributed by atoms with Crippen LogP contribution < -0.4 is 0 Å². The van der Waals surface area contributed by atoms with Gasteiger partial charge >= 0.3 is 6.09 Å². The maximum atomic E-state index is 13.4. The fourth-order valence-corrected chi connectivity index (χ4v) is 4.70. The Labute approximate surface area is 179 Å². The van der Waals surface area contributed by atoms with Gasteiger partial charge in [-0.25, -0.2) is 9.18 Å². The smallest absolute Gasteiger partial charge is 0.410 e. The van der Waals surface area contributed by atoms with Crippen molar-refractivity contribution in [3.05, 3.63) is 71.7 Å².